The molecule has 9 heteroatoms. The molecule has 1 saturated heterocycles. The minimum Gasteiger partial charge on any atom is -0.504 e. The fourth-order valence-electron chi connectivity index (χ4n) is 7.54. The number of hydrogen-bond acceptors (Lipinski definition) is 7. The molecule has 0 unspecified atom stereocenters. The predicted octanol–water partition coefficient (Wildman–Crippen LogP) is 1.74. The Balaban J connectivity index is 1.42. The molecule has 1 aromatic rings. The summed E-state index contributed by atoms with van der Waals surface area (Å²) < 4.78 is 12.2. The van der Waals surface area contributed by atoms with Gasteiger partial charge >= 0.3 is 11.9 Å². The van der Waals surface area contributed by atoms with E-state index in [1.807, 2.05) is 0 Å². The average Bonchev–Trinajstić information content (AvgIpc) is 3.54. The molecule has 2 bridgehead atoms. The van der Waals surface area contributed by atoms with Gasteiger partial charge in [-0.25, -0.2) is 0 Å². The van der Waals surface area contributed by atoms with Gasteiger partial charge in [-0.15, -0.1) is 0 Å². The third-order valence-corrected chi connectivity index (χ3v) is 9.02. The molecule has 4 N–H and O–H groups in total. The number of phenols is 1. The lowest BCUT2D eigenvalue weighted by atomic mass is 9.51. The number of hydrogen-bond donors (Lipinski definition) is 4. The van der Waals surface area contributed by atoms with Gasteiger partial charge in [-0.1, -0.05) is 0 Å². The number of rotatable bonds is 8. The number of carbonyl (C=O) groups is 2. The van der Waals surface area contributed by atoms with Crippen molar-refractivity contribution in [2.75, 3.05) is 20.2 Å². The second kappa shape index (κ2) is 7.75. The van der Waals surface area contributed by atoms with Crippen molar-refractivity contribution >= 4 is 11.9 Å². The summed E-state index contributed by atoms with van der Waals surface area (Å²) in [6, 6.07) is 0.472. The molecular formula is C25H32N2O7. The highest BCUT2D eigenvalue weighted by molar-refractivity contribution is 5.80. The van der Waals surface area contributed by atoms with Gasteiger partial charge in [0.2, 0.25) is 0 Å². The highest BCUT2D eigenvalue weighted by atomic mass is 16.5. The molecule has 6 atom stereocenters. The maximum atomic E-state index is 11.8. The fourth-order valence-corrected chi connectivity index (χ4v) is 7.54. The number of likely N-dealkylation sites (tertiary alicyclic amines) is 1. The van der Waals surface area contributed by atoms with Gasteiger partial charge in [0.15, 0.2) is 11.5 Å². The van der Waals surface area contributed by atoms with Crippen molar-refractivity contribution in [3.63, 3.8) is 0 Å². The third-order valence-electron chi connectivity index (χ3n) is 9.02. The van der Waals surface area contributed by atoms with Crippen molar-refractivity contribution in [1.82, 2.24) is 10.2 Å². The van der Waals surface area contributed by atoms with Crippen LogP contribution in [0.4, 0.5) is 0 Å². The van der Waals surface area contributed by atoms with Crippen molar-refractivity contribution in [1.29, 1.82) is 0 Å². The molecular weight excluding hydrogens is 440 g/mol. The zero-order valence-electron chi connectivity index (χ0n) is 19.3. The first kappa shape index (κ1) is 22.0. The standard InChI is InChI=1S/C25H32N2O7/c1-33-19-10-18(28)22-21-13(19)8-17-14-4-5-15(26-16(24(31)32)9-20(29)30)23(34-22)25(14,21)6-7-27(17)11-12-2-3-12/h10,12,14-17,23,26,28H,2-9,11H2,1H3,(H,29,30)(H,31,32)/t14-,15-,16-,17+,23-,25-/m0/s1. The van der Waals surface area contributed by atoms with Crippen molar-refractivity contribution in [2.45, 2.75) is 74.6 Å². The number of carboxylic acids is 2. The lowest BCUT2D eigenvalue weighted by molar-refractivity contribution is -0.147. The zero-order valence-corrected chi connectivity index (χ0v) is 19.3. The van der Waals surface area contributed by atoms with Crippen LogP contribution in [0, 0.1) is 11.8 Å². The lowest BCUT2D eigenvalue weighted by Gasteiger charge is -2.60. The first-order valence-corrected chi connectivity index (χ1v) is 12.4. The number of nitrogens with one attached hydrogen (secondary N) is 1. The summed E-state index contributed by atoms with van der Waals surface area (Å²) in [7, 11) is 1.63. The van der Waals surface area contributed by atoms with E-state index in [1.165, 1.54) is 12.8 Å². The molecule has 184 valence electrons. The summed E-state index contributed by atoms with van der Waals surface area (Å²) >= 11 is 0. The summed E-state index contributed by atoms with van der Waals surface area (Å²) in [5, 5.41) is 32.9. The van der Waals surface area contributed by atoms with Crippen LogP contribution in [-0.2, 0) is 21.4 Å². The van der Waals surface area contributed by atoms with E-state index in [9.17, 15) is 24.9 Å². The molecule has 1 spiro atoms. The van der Waals surface area contributed by atoms with Crippen LogP contribution in [0.1, 0.15) is 49.7 Å². The quantitative estimate of drug-likeness (QED) is 0.447. The van der Waals surface area contributed by atoms with Gasteiger partial charge in [-0.05, 0) is 56.9 Å². The van der Waals surface area contributed by atoms with Crippen LogP contribution in [0.3, 0.4) is 0 Å². The summed E-state index contributed by atoms with van der Waals surface area (Å²) in [5.41, 5.74) is 1.79. The lowest BCUT2D eigenvalue weighted by Crippen LogP contribution is -2.69. The Bertz CT molecular complexity index is 1040. The minimum absolute atomic E-state index is 0.0519. The monoisotopic (exact) mass is 472 g/mol. The average molecular weight is 473 g/mol. The Morgan fingerprint density at radius 2 is 2.09 bits per heavy atom. The van der Waals surface area contributed by atoms with Gasteiger partial charge in [0, 0.05) is 41.2 Å². The van der Waals surface area contributed by atoms with Crippen molar-refractivity contribution in [2.24, 2.45) is 11.8 Å². The summed E-state index contributed by atoms with van der Waals surface area (Å²) in [4.78, 5) is 25.8. The smallest absolute Gasteiger partial charge is 0.321 e. The van der Waals surface area contributed by atoms with Crippen LogP contribution in [0.25, 0.3) is 0 Å². The topological polar surface area (TPSA) is 129 Å². The highest BCUT2D eigenvalue weighted by Crippen LogP contribution is 2.65. The Morgan fingerprint density at radius 1 is 1.29 bits per heavy atom. The summed E-state index contributed by atoms with van der Waals surface area (Å²) in [6.07, 6.45) is 5.07. The van der Waals surface area contributed by atoms with E-state index in [1.54, 1.807) is 13.2 Å². The largest absolute Gasteiger partial charge is 0.504 e. The second-order valence-corrected chi connectivity index (χ2v) is 10.8. The van der Waals surface area contributed by atoms with E-state index in [-0.39, 0.29) is 23.3 Å². The summed E-state index contributed by atoms with van der Waals surface area (Å²) in [6.45, 7) is 2.06. The highest BCUT2D eigenvalue weighted by Gasteiger charge is 2.66. The number of carboxylic acid groups (broad SMARTS) is 2. The molecule has 2 aliphatic heterocycles. The molecule has 34 heavy (non-hydrogen) atoms. The molecule has 6 rings (SSSR count). The zero-order chi connectivity index (χ0) is 23.8. The molecule has 1 aromatic carbocycles. The predicted molar refractivity (Wildman–Crippen MR) is 120 cm³/mol. The van der Waals surface area contributed by atoms with Gasteiger partial charge in [-0.2, -0.15) is 0 Å². The Kier molecular flexibility index (Phi) is 5.01. The SMILES string of the molecule is COc1cc(O)c2c3c1C[C@@H]1[C@@H]4CC[C@H](N[C@@H](CC(=O)O)C(=O)O)[C@H](O2)[C@]34CCN1CC1CC1. The van der Waals surface area contributed by atoms with Crippen LogP contribution in [0.15, 0.2) is 6.07 Å². The number of nitrogens with zero attached hydrogens (tertiary/aromatic N) is 1. The number of methoxy groups -OCH3 is 1. The van der Waals surface area contributed by atoms with E-state index in [0.29, 0.717) is 29.9 Å². The Labute approximate surface area is 198 Å². The molecule has 0 radical (unpaired) electrons. The van der Waals surface area contributed by atoms with E-state index < -0.39 is 24.4 Å². The Hall–Kier alpha value is -2.52. The molecule has 2 saturated carbocycles. The number of ether oxygens (including phenoxy) is 2. The minimum atomic E-state index is -1.19. The normalized spacial score (nSPS) is 34.1. The molecule has 3 fully saturated rings. The maximum Gasteiger partial charge on any atom is 0.321 e. The van der Waals surface area contributed by atoms with Gasteiger partial charge in [-0.3, -0.25) is 19.8 Å². The van der Waals surface area contributed by atoms with E-state index in [0.717, 1.165) is 49.4 Å². The molecule has 9 nitrogen and oxygen atoms in total. The number of aliphatic carboxylic acids is 2. The van der Waals surface area contributed by atoms with Crippen LogP contribution in [0.5, 0.6) is 17.2 Å². The van der Waals surface area contributed by atoms with E-state index >= 15 is 0 Å². The van der Waals surface area contributed by atoms with Gasteiger partial charge < -0.3 is 24.8 Å². The van der Waals surface area contributed by atoms with Gasteiger partial charge in [0.25, 0.3) is 0 Å². The van der Waals surface area contributed by atoms with Gasteiger partial charge in [0.1, 0.15) is 17.9 Å². The maximum absolute atomic E-state index is 11.8. The molecule has 5 aliphatic rings. The molecule has 0 amide bonds. The summed E-state index contributed by atoms with van der Waals surface area (Å²) in [5.74, 6) is 0.0251. The van der Waals surface area contributed by atoms with Gasteiger partial charge in [0.05, 0.1) is 13.5 Å². The van der Waals surface area contributed by atoms with Crippen molar-refractivity contribution in [3.05, 3.63) is 17.2 Å². The molecule has 0 aromatic heterocycles. The van der Waals surface area contributed by atoms with Crippen molar-refractivity contribution < 1.29 is 34.4 Å². The molecule has 3 aliphatic carbocycles. The fraction of sp³-hybridized carbons (Fsp3) is 0.680. The van der Waals surface area contributed by atoms with Crippen LogP contribution >= 0.6 is 0 Å². The number of piperidine rings is 1. The first-order valence-electron chi connectivity index (χ1n) is 12.4. The van der Waals surface area contributed by atoms with Crippen LogP contribution in [0.2, 0.25) is 0 Å². The van der Waals surface area contributed by atoms with Crippen LogP contribution in [-0.4, -0.2) is 76.6 Å². The van der Waals surface area contributed by atoms with Crippen molar-refractivity contribution in [3.8, 4) is 17.2 Å². The number of benzene rings is 1. The van der Waals surface area contributed by atoms with E-state index in [4.69, 9.17) is 9.47 Å². The molecule has 2 heterocycles. The van der Waals surface area contributed by atoms with Crippen LogP contribution < -0.4 is 14.8 Å². The first-order chi connectivity index (χ1) is 16.3. The second-order valence-electron chi connectivity index (χ2n) is 10.8. The number of aromatic hydroxyl groups is 1. The Morgan fingerprint density at radius 3 is 2.76 bits per heavy atom. The van der Waals surface area contributed by atoms with E-state index in [2.05, 4.69) is 10.2 Å². The third kappa shape index (κ3) is 3.12. The number of phenolic OH excluding ortho intramolecular Hbond substituents is 1.